The molecule has 1 amide bonds. The number of halogens is 1. The molecule has 0 aliphatic carbocycles. The molecule has 2 heterocycles. The molecular weight excluding hydrogens is 344 g/mol. The predicted octanol–water partition coefficient (Wildman–Crippen LogP) is 3.79. The third kappa shape index (κ3) is 3.07. The number of carbonyl (C=O) groups is 1. The van der Waals surface area contributed by atoms with E-state index < -0.39 is 0 Å². The van der Waals surface area contributed by atoms with Gasteiger partial charge in [0.05, 0.1) is 5.69 Å². The van der Waals surface area contributed by atoms with E-state index in [-0.39, 0.29) is 5.91 Å². The molecule has 0 saturated heterocycles. The number of hydrogen-bond acceptors (Lipinski definition) is 3. The summed E-state index contributed by atoms with van der Waals surface area (Å²) in [5.74, 6) is -0.229. The molecule has 2 N–H and O–H groups in total. The van der Waals surface area contributed by atoms with Gasteiger partial charge in [-0.25, -0.2) is 0 Å². The number of aryl methyl sites for hydroxylation is 1. The number of pyridine rings is 1. The second-order valence-electron chi connectivity index (χ2n) is 4.82. The van der Waals surface area contributed by atoms with Crippen molar-refractivity contribution in [1.82, 2.24) is 15.2 Å². The molecule has 110 valence electrons. The molecule has 0 aliphatic rings. The van der Waals surface area contributed by atoms with Crippen LogP contribution < -0.4 is 5.32 Å². The average molecular weight is 357 g/mol. The van der Waals surface area contributed by atoms with Crippen molar-refractivity contribution in [3.8, 4) is 11.3 Å². The first-order valence-electron chi connectivity index (χ1n) is 6.67. The summed E-state index contributed by atoms with van der Waals surface area (Å²) < 4.78 is 0.975. The van der Waals surface area contributed by atoms with Crippen LogP contribution in [0.25, 0.3) is 11.3 Å². The monoisotopic (exact) mass is 356 g/mol. The third-order valence-corrected chi connectivity index (χ3v) is 3.71. The first-order chi connectivity index (χ1) is 10.6. The van der Waals surface area contributed by atoms with Crippen LogP contribution in [0.5, 0.6) is 0 Å². The number of benzene rings is 1. The number of hydrogen-bond donors (Lipinski definition) is 2. The molecule has 3 aromatic rings. The van der Waals surface area contributed by atoms with Crippen LogP contribution >= 0.6 is 15.9 Å². The van der Waals surface area contributed by atoms with E-state index >= 15 is 0 Å². The minimum atomic E-state index is -0.229. The Morgan fingerprint density at radius 3 is 2.86 bits per heavy atom. The zero-order chi connectivity index (χ0) is 15.5. The standard InChI is InChI=1S/C16H13BrN4O/c1-10-7-12(17)4-5-13(10)19-16(22)15-8-14(20-21-15)11-3-2-6-18-9-11/h2-9H,1H3,(H,19,22)(H,20,21). The molecule has 0 radical (unpaired) electrons. The predicted molar refractivity (Wildman–Crippen MR) is 88.7 cm³/mol. The highest BCUT2D eigenvalue weighted by molar-refractivity contribution is 9.10. The van der Waals surface area contributed by atoms with Crippen LogP contribution in [0.2, 0.25) is 0 Å². The summed E-state index contributed by atoms with van der Waals surface area (Å²) in [6, 6.07) is 11.1. The van der Waals surface area contributed by atoms with Crippen molar-refractivity contribution >= 4 is 27.5 Å². The number of aromatic nitrogens is 3. The largest absolute Gasteiger partial charge is 0.320 e. The van der Waals surface area contributed by atoms with Gasteiger partial charge in [-0.3, -0.25) is 14.9 Å². The molecule has 0 fully saturated rings. The Bertz CT molecular complexity index is 814. The fourth-order valence-corrected chi connectivity index (χ4v) is 2.53. The van der Waals surface area contributed by atoms with Gasteiger partial charge in [0.2, 0.25) is 0 Å². The molecule has 0 spiro atoms. The summed E-state index contributed by atoms with van der Waals surface area (Å²) >= 11 is 3.40. The summed E-state index contributed by atoms with van der Waals surface area (Å²) in [5.41, 5.74) is 3.70. The maximum Gasteiger partial charge on any atom is 0.273 e. The van der Waals surface area contributed by atoms with E-state index in [0.29, 0.717) is 11.4 Å². The lowest BCUT2D eigenvalue weighted by Crippen LogP contribution is -2.13. The fourth-order valence-electron chi connectivity index (χ4n) is 2.06. The SMILES string of the molecule is Cc1cc(Br)ccc1NC(=O)c1cc(-c2cccnc2)n[nH]1. The van der Waals surface area contributed by atoms with Gasteiger partial charge in [0.25, 0.3) is 5.91 Å². The topological polar surface area (TPSA) is 70.7 Å². The van der Waals surface area contributed by atoms with Gasteiger partial charge in [-0.05, 0) is 48.9 Å². The Morgan fingerprint density at radius 2 is 2.14 bits per heavy atom. The van der Waals surface area contributed by atoms with Crippen LogP contribution in [0.4, 0.5) is 5.69 Å². The fraction of sp³-hybridized carbons (Fsp3) is 0.0625. The Kier molecular flexibility index (Phi) is 4.02. The van der Waals surface area contributed by atoms with Crippen molar-refractivity contribution in [1.29, 1.82) is 0 Å². The number of carbonyl (C=O) groups excluding carboxylic acids is 1. The van der Waals surface area contributed by atoms with E-state index in [1.807, 2.05) is 37.3 Å². The van der Waals surface area contributed by atoms with Crippen LogP contribution in [-0.2, 0) is 0 Å². The first-order valence-corrected chi connectivity index (χ1v) is 7.46. The lowest BCUT2D eigenvalue weighted by Gasteiger charge is -2.07. The van der Waals surface area contributed by atoms with Crippen LogP contribution in [-0.4, -0.2) is 21.1 Å². The molecule has 0 atom stereocenters. The lowest BCUT2D eigenvalue weighted by atomic mass is 10.2. The molecule has 5 nitrogen and oxygen atoms in total. The first kappa shape index (κ1) is 14.5. The molecule has 3 rings (SSSR count). The number of amides is 1. The van der Waals surface area contributed by atoms with E-state index in [1.54, 1.807) is 18.5 Å². The summed E-state index contributed by atoms with van der Waals surface area (Å²) in [6.07, 6.45) is 3.40. The van der Waals surface area contributed by atoms with Gasteiger partial charge in [-0.2, -0.15) is 5.10 Å². The van der Waals surface area contributed by atoms with Crippen LogP contribution in [0.15, 0.2) is 53.3 Å². The second-order valence-corrected chi connectivity index (χ2v) is 5.74. The summed E-state index contributed by atoms with van der Waals surface area (Å²) in [7, 11) is 0. The summed E-state index contributed by atoms with van der Waals surface area (Å²) in [4.78, 5) is 16.3. The molecule has 1 aromatic carbocycles. The van der Waals surface area contributed by atoms with Gasteiger partial charge in [0, 0.05) is 28.1 Å². The van der Waals surface area contributed by atoms with Crippen molar-refractivity contribution < 1.29 is 4.79 Å². The number of rotatable bonds is 3. The van der Waals surface area contributed by atoms with Crippen molar-refractivity contribution in [3.05, 3.63) is 64.5 Å². The Balaban J connectivity index is 1.80. The molecule has 22 heavy (non-hydrogen) atoms. The molecular formula is C16H13BrN4O. The maximum atomic E-state index is 12.3. The highest BCUT2D eigenvalue weighted by Crippen LogP contribution is 2.21. The van der Waals surface area contributed by atoms with Gasteiger partial charge in [-0.15, -0.1) is 0 Å². The van der Waals surface area contributed by atoms with Crippen LogP contribution in [0, 0.1) is 6.92 Å². The van der Waals surface area contributed by atoms with E-state index in [4.69, 9.17) is 0 Å². The average Bonchev–Trinajstić information content (AvgIpc) is 3.01. The van der Waals surface area contributed by atoms with E-state index in [9.17, 15) is 4.79 Å². The molecule has 2 aromatic heterocycles. The molecule has 6 heteroatoms. The van der Waals surface area contributed by atoms with Gasteiger partial charge in [0.15, 0.2) is 0 Å². The number of H-pyrrole nitrogens is 1. The van der Waals surface area contributed by atoms with Crippen LogP contribution in [0.3, 0.4) is 0 Å². The maximum absolute atomic E-state index is 12.3. The summed E-state index contributed by atoms with van der Waals surface area (Å²) in [6.45, 7) is 1.94. The van der Waals surface area contributed by atoms with Crippen LogP contribution in [0.1, 0.15) is 16.1 Å². The minimum Gasteiger partial charge on any atom is -0.320 e. The van der Waals surface area contributed by atoms with E-state index in [0.717, 1.165) is 21.3 Å². The van der Waals surface area contributed by atoms with Gasteiger partial charge < -0.3 is 5.32 Å². The molecule has 0 aliphatic heterocycles. The van der Waals surface area contributed by atoms with Gasteiger partial charge in [-0.1, -0.05) is 15.9 Å². The quantitative estimate of drug-likeness (QED) is 0.749. The molecule has 0 bridgehead atoms. The number of anilines is 1. The van der Waals surface area contributed by atoms with Gasteiger partial charge in [0.1, 0.15) is 5.69 Å². The van der Waals surface area contributed by atoms with E-state index in [1.165, 1.54) is 0 Å². The molecule has 0 saturated carbocycles. The van der Waals surface area contributed by atoms with Crippen molar-refractivity contribution in [2.24, 2.45) is 0 Å². The number of aromatic amines is 1. The Labute approximate surface area is 135 Å². The zero-order valence-electron chi connectivity index (χ0n) is 11.8. The van der Waals surface area contributed by atoms with Crippen molar-refractivity contribution in [2.75, 3.05) is 5.32 Å². The zero-order valence-corrected chi connectivity index (χ0v) is 13.4. The number of nitrogens with zero attached hydrogens (tertiary/aromatic N) is 2. The Morgan fingerprint density at radius 1 is 1.27 bits per heavy atom. The number of nitrogens with one attached hydrogen (secondary N) is 2. The highest BCUT2D eigenvalue weighted by Gasteiger charge is 2.12. The minimum absolute atomic E-state index is 0.229. The highest BCUT2D eigenvalue weighted by atomic mass is 79.9. The van der Waals surface area contributed by atoms with Gasteiger partial charge >= 0.3 is 0 Å². The molecule has 0 unspecified atom stereocenters. The normalized spacial score (nSPS) is 10.5. The summed E-state index contributed by atoms with van der Waals surface area (Å²) in [5, 5.41) is 9.78. The Hall–Kier alpha value is -2.47. The van der Waals surface area contributed by atoms with E-state index in [2.05, 4.69) is 36.4 Å². The lowest BCUT2D eigenvalue weighted by molar-refractivity contribution is 0.102. The van der Waals surface area contributed by atoms with Crippen molar-refractivity contribution in [2.45, 2.75) is 6.92 Å². The second kappa shape index (κ2) is 6.11. The smallest absolute Gasteiger partial charge is 0.273 e. The third-order valence-electron chi connectivity index (χ3n) is 3.22. The van der Waals surface area contributed by atoms with Crippen molar-refractivity contribution in [3.63, 3.8) is 0 Å².